The van der Waals surface area contributed by atoms with Crippen molar-refractivity contribution in [2.75, 3.05) is 0 Å². The quantitative estimate of drug-likeness (QED) is 0.180. The van der Waals surface area contributed by atoms with E-state index in [1.54, 1.807) is 12.1 Å². The molecule has 1 N–H and O–H groups in total. The molecule has 5 nitrogen and oxygen atoms in total. The molecule has 4 rings (SSSR count). The van der Waals surface area contributed by atoms with E-state index < -0.39 is 10.1 Å². The van der Waals surface area contributed by atoms with Gasteiger partial charge in [-0.15, -0.1) is 0 Å². The zero-order valence-corrected chi connectivity index (χ0v) is 24.5. The normalized spacial score (nSPS) is 12.5. The minimum absolute atomic E-state index is 0.0666. The zero-order chi connectivity index (χ0) is 27.4. The summed E-state index contributed by atoms with van der Waals surface area (Å²) >= 11 is 0. The molecule has 0 fully saturated rings. The fraction of sp³-hybridized carbons (Fsp3) is 0.300. The van der Waals surface area contributed by atoms with E-state index in [-0.39, 0.29) is 18.0 Å². The van der Waals surface area contributed by atoms with Crippen LogP contribution in [0.2, 0.25) is 0 Å². The van der Waals surface area contributed by atoms with Crippen molar-refractivity contribution >= 4 is 23.3 Å². The molecule has 0 aliphatic carbocycles. The summed E-state index contributed by atoms with van der Waals surface area (Å²) in [5.74, 6) is 0. The summed E-state index contributed by atoms with van der Waals surface area (Å²) in [5, 5.41) is 1.74. The molecule has 0 unspecified atom stereocenters. The van der Waals surface area contributed by atoms with E-state index in [0.29, 0.717) is 0 Å². The molecule has 0 spiro atoms. The highest BCUT2D eigenvalue weighted by atomic mass is 32.2. The number of benzene rings is 3. The molecule has 3 aromatic carbocycles. The molecule has 0 radical (unpaired) electrons. The molecule has 37 heavy (non-hydrogen) atoms. The molecule has 0 aliphatic rings. The molecular formula is C30H38N2O3PS+. The van der Waals surface area contributed by atoms with Gasteiger partial charge in [0.25, 0.3) is 10.1 Å². The second-order valence-electron chi connectivity index (χ2n) is 10.4. The lowest BCUT2D eigenvalue weighted by Gasteiger charge is -2.30. The van der Waals surface area contributed by atoms with Gasteiger partial charge in [0.15, 0.2) is 0 Å². The summed E-state index contributed by atoms with van der Waals surface area (Å²) in [6.45, 7) is 15.5. The number of nitrogens with zero attached hydrogens (tertiary/aromatic N) is 2. The molecule has 0 saturated carbocycles. The molecular weight excluding hydrogens is 499 g/mol. The largest absolute Gasteiger partial charge is 0.294 e. The Bertz CT molecular complexity index is 1420. The number of imidazole rings is 1. The average molecular weight is 538 g/mol. The van der Waals surface area contributed by atoms with Crippen molar-refractivity contribution in [3.05, 3.63) is 108 Å². The minimum atomic E-state index is -4.02. The van der Waals surface area contributed by atoms with Gasteiger partial charge in [-0.1, -0.05) is 86.5 Å². The summed E-state index contributed by atoms with van der Waals surface area (Å²) in [6.07, 6.45) is 7.68. The van der Waals surface area contributed by atoms with Gasteiger partial charge in [0.2, 0.25) is 6.33 Å². The summed E-state index contributed by atoms with van der Waals surface area (Å²) in [6, 6.07) is 21.5. The van der Waals surface area contributed by atoms with E-state index >= 15 is 0 Å². The van der Waals surface area contributed by atoms with Gasteiger partial charge in [-0.3, -0.25) is 4.55 Å². The monoisotopic (exact) mass is 537 g/mol. The highest BCUT2D eigenvalue weighted by Gasteiger charge is 2.28. The third-order valence-corrected chi connectivity index (χ3v) is 10.1. The second-order valence-corrected chi connectivity index (χ2v) is 14.9. The van der Waals surface area contributed by atoms with Crippen LogP contribution in [0.1, 0.15) is 43.0 Å². The third kappa shape index (κ3) is 7.85. The molecule has 0 bridgehead atoms. The van der Waals surface area contributed by atoms with Crippen LogP contribution < -0.4 is 9.87 Å². The van der Waals surface area contributed by atoms with Gasteiger partial charge >= 0.3 is 0 Å². The first-order chi connectivity index (χ1) is 17.3. The standard InChI is InChI=1S/C23H30N2P.C7H8O3S/c1-18-14-19(2)22(20(3)15-18)25-13-12-24(16-25)17-26(23(4,5)6)21-10-8-7-9-11-21;1-6-2-4-7(5-3-6)11(8,9)10/h7-16H,17H2,1-6H3;2-5H,1H3,(H,8,9,10)/q+1;/t26-;/m0./s1. The van der Waals surface area contributed by atoms with Crippen molar-refractivity contribution in [1.29, 1.82) is 0 Å². The van der Waals surface area contributed by atoms with E-state index in [2.05, 4.69) is 112 Å². The van der Waals surface area contributed by atoms with Crippen LogP contribution in [-0.4, -0.2) is 22.7 Å². The Hall–Kier alpha value is -2.79. The number of rotatable bonds is 5. The van der Waals surface area contributed by atoms with Crippen molar-refractivity contribution in [3.63, 3.8) is 0 Å². The fourth-order valence-corrected chi connectivity index (χ4v) is 7.22. The van der Waals surface area contributed by atoms with Gasteiger partial charge in [-0.05, 0) is 69.3 Å². The van der Waals surface area contributed by atoms with Gasteiger partial charge in [-0.2, -0.15) is 8.42 Å². The number of hydrogen-bond donors (Lipinski definition) is 1. The maximum atomic E-state index is 10.5. The van der Waals surface area contributed by atoms with Crippen molar-refractivity contribution in [1.82, 2.24) is 4.57 Å². The number of aromatic nitrogens is 2. The van der Waals surface area contributed by atoms with Crippen LogP contribution >= 0.6 is 7.92 Å². The highest BCUT2D eigenvalue weighted by molar-refractivity contribution is 7.85. The zero-order valence-electron chi connectivity index (χ0n) is 22.8. The Balaban J connectivity index is 0.000000289. The summed E-state index contributed by atoms with van der Waals surface area (Å²) in [5.41, 5.74) is 6.23. The van der Waals surface area contributed by atoms with Crippen molar-refractivity contribution in [2.24, 2.45) is 0 Å². The first-order valence-electron chi connectivity index (χ1n) is 12.3. The Morgan fingerprint density at radius 3 is 1.95 bits per heavy atom. The molecule has 1 atom stereocenters. The maximum absolute atomic E-state index is 10.5. The highest BCUT2D eigenvalue weighted by Crippen LogP contribution is 2.48. The van der Waals surface area contributed by atoms with Gasteiger partial charge in [0, 0.05) is 0 Å². The lowest BCUT2D eigenvalue weighted by Crippen LogP contribution is -2.35. The van der Waals surface area contributed by atoms with Crippen molar-refractivity contribution < 1.29 is 17.5 Å². The Morgan fingerprint density at radius 1 is 0.865 bits per heavy atom. The lowest BCUT2D eigenvalue weighted by atomic mass is 10.1. The molecule has 1 aromatic heterocycles. The topological polar surface area (TPSA) is 63.2 Å². The van der Waals surface area contributed by atoms with Gasteiger partial charge in [0.05, 0.1) is 4.90 Å². The smallest absolute Gasteiger partial charge is 0.282 e. The van der Waals surface area contributed by atoms with E-state index in [4.69, 9.17) is 4.55 Å². The van der Waals surface area contributed by atoms with E-state index in [1.165, 1.54) is 39.8 Å². The summed E-state index contributed by atoms with van der Waals surface area (Å²) in [4.78, 5) is -0.0666. The Kier molecular flexibility index (Phi) is 9.12. The van der Waals surface area contributed by atoms with Crippen molar-refractivity contribution in [3.8, 4) is 5.69 Å². The lowest BCUT2D eigenvalue weighted by molar-refractivity contribution is -0.676. The Morgan fingerprint density at radius 2 is 1.43 bits per heavy atom. The van der Waals surface area contributed by atoms with Crippen LogP contribution in [0, 0.1) is 27.7 Å². The Labute approximate surface area is 223 Å². The van der Waals surface area contributed by atoms with E-state index in [9.17, 15) is 8.42 Å². The van der Waals surface area contributed by atoms with E-state index in [1.807, 2.05) is 6.92 Å². The minimum Gasteiger partial charge on any atom is -0.282 e. The van der Waals surface area contributed by atoms with E-state index in [0.717, 1.165) is 11.8 Å². The maximum Gasteiger partial charge on any atom is 0.294 e. The molecule has 196 valence electrons. The molecule has 0 amide bonds. The van der Waals surface area contributed by atoms with Crippen LogP contribution in [0.25, 0.3) is 5.69 Å². The summed E-state index contributed by atoms with van der Waals surface area (Å²) < 4.78 is 34.2. The summed E-state index contributed by atoms with van der Waals surface area (Å²) in [7, 11) is -4.32. The number of hydrogen-bond acceptors (Lipinski definition) is 2. The van der Waals surface area contributed by atoms with Gasteiger partial charge in [0.1, 0.15) is 24.4 Å². The third-order valence-electron chi connectivity index (χ3n) is 6.09. The fourth-order valence-electron chi connectivity index (χ4n) is 4.35. The number of aryl methyl sites for hydroxylation is 4. The first-order valence-corrected chi connectivity index (χ1v) is 15.2. The van der Waals surface area contributed by atoms with Gasteiger partial charge < -0.3 is 0 Å². The molecule has 0 saturated heterocycles. The van der Waals surface area contributed by atoms with Crippen LogP contribution in [0.5, 0.6) is 0 Å². The molecule has 1 heterocycles. The van der Waals surface area contributed by atoms with Crippen LogP contribution in [0.15, 0.2) is 90.3 Å². The van der Waals surface area contributed by atoms with Crippen LogP contribution in [0.4, 0.5) is 0 Å². The average Bonchev–Trinajstić information content (AvgIpc) is 3.25. The molecule has 7 heteroatoms. The predicted molar refractivity (Wildman–Crippen MR) is 154 cm³/mol. The molecule has 0 aliphatic heterocycles. The van der Waals surface area contributed by atoms with Crippen LogP contribution in [-0.2, 0) is 16.4 Å². The molecule has 4 aromatic rings. The second kappa shape index (κ2) is 11.7. The predicted octanol–water partition coefficient (Wildman–Crippen LogP) is 6.50. The van der Waals surface area contributed by atoms with Crippen LogP contribution in [0.3, 0.4) is 0 Å². The SMILES string of the molecule is Cc1cc(C)c(-n2cc[n+](C[P@@](c3ccccc3)C(C)(C)C)c2)c(C)c1.Cc1ccc(S(=O)(=O)O)cc1. The van der Waals surface area contributed by atoms with Gasteiger partial charge in [-0.25, -0.2) is 9.13 Å². The van der Waals surface area contributed by atoms with Crippen molar-refractivity contribution in [2.45, 2.75) is 64.8 Å². The first kappa shape index (κ1) is 28.8.